The van der Waals surface area contributed by atoms with Crippen molar-refractivity contribution in [3.05, 3.63) is 70.9 Å². The predicted molar refractivity (Wildman–Crippen MR) is 187 cm³/mol. The molecule has 2 aliphatic carbocycles. The number of nitrogens with one attached hydrogen (secondary N) is 1. The highest BCUT2D eigenvalue weighted by Crippen LogP contribution is 2.81. The van der Waals surface area contributed by atoms with E-state index < -0.39 is 5.72 Å². The van der Waals surface area contributed by atoms with Crippen molar-refractivity contribution in [3.63, 3.8) is 0 Å². The number of ether oxygens (including phenoxy) is 4. The van der Waals surface area contributed by atoms with Crippen LogP contribution >= 0.6 is 0 Å². The zero-order valence-electron chi connectivity index (χ0n) is 29.5. The average molecular weight is 687 g/mol. The van der Waals surface area contributed by atoms with Crippen LogP contribution in [-0.4, -0.2) is 98.0 Å². The molecule has 51 heavy (non-hydrogen) atoms. The SMILES string of the molecule is CC[C@@]12C[C@H]3C[C@@]45CN6c7ccccc7[C@@]7(CCN(C[C@H]8O[C@H]81)[C@@H]27)[C@]36O[C@H]4N1CC[C@]23C(=C(C(=O)OC)C[C@@]4(CCO[C@@H]54)[C@H]12)Nc1ccccc13. The Labute approximate surface area is 298 Å². The summed E-state index contributed by atoms with van der Waals surface area (Å²) in [6, 6.07) is 18.9. The van der Waals surface area contributed by atoms with E-state index in [1.165, 1.54) is 16.8 Å². The molecular weight excluding hydrogens is 640 g/mol. The second-order valence-corrected chi connectivity index (χ2v) is 18.7. The van der Waals surface area contributed by atoms with Crippen LogP contribution in [0.5, 0.6) is 0 Å². The van der Waals surface area contributed by atoms with Gasteiger partial charge in [-0.15, -0.1) is 0 Å². The van der Waals surface area contributed by atoms with E-state index in [4.69, 9.17) is 18.9 Å². The Morgan fingerprint density at radius 3 is 2.75 bits per heavy atom. The maximum absolute atomic E-state index is 13.9. The number of hydrogen-bond donors (Lipinski definition) is 1. The molecular formula is C42H46N4O5. The molecule has 1 saturated carbocycles. The van der Waals surface area contributed by atoms with Crippen molar-refractivity contribution >= 4 is 17.3 Å². The number of benzene rings is 2. The normalized spacial score (nSPS) is 52.1. The van der Waals surface area contributed by atoms with Crippen LogP contribution in [0.15, 0.2) is 59.8 Å². The topological polar surface area (TPSA) is 79.0 Å². The summed E-state index contributed by atoms with van der Waals surface area (Å²) in [7, 11) is 1.55. The summed E-state index contributed by atoms with van der Waals surface area (Å²) in [5.74, 6) is 0.177. The highest BCUT2D eigenvalue weighted by molar-refractivity contribution is 5.93. The summed E-state index contributed by atoms with van der Waals surface area (Å²) in [5, 5.41) is 3.83. The molecule has 11 heterocycles. The summed E-state index contributed by atoms with van der Waals surface area (Å²) < 4.78 is 27.9. The number of anilines is 2. The standard InChI is InChI=1S/C42H46N4O5/c1-3-37-18-23-19-39-22-46-28-11-7-5-9-26(28)41(13-15-44(34(37)41)21-29-31(37)50-29)42(23,46)51-36(39)45-16-12-40-25-8-4-6-10-27(25)43-30(40)24(32(47)48-2)20-38(33(40)45)14-17-49-35(38)39/h4-11,23,29,31,33-36,43H,3,12-22H2,1-2H3/t23-,29+,31+,33-,34-,35+,36+,37+,38-,39-,40-,41+,42+/m0/s1. The first kappa shape index (κ1) is 28.5. The van der Waals surface area contributed by atoms with Crippen molar-refractivity contribution in [2.24, 2.45) is 22.2 Å². The monoisotopic (exact) mass is 686 g/mol. The van der Waals surface area contributed by atoms with Crippen molar-refractivity contribution in [3.8, 4) is 0 Å². The third-order valence-corrected chi connectivity index (χ3v) is 17.8. The number of fused-ring (bicyclic) bond motifs is 4. The Morgan fingerprint density at radius 2 is 1.86 bits per heavy atom. The number of epoxide rings is 1. The summed E-state index contributed by atoms with van der Waals surface area (Å²) in [4.78, 5) is 22.5. The molecule has 0 unspecified atom stereocenters. The molecule has 5 spiro atoms. The van der Waals surface area contributed by atoms with E-state index in [1.54, 1.807) is 7.11 Å². The van der Waals surface area contributed by atoms with Gasteiger partial charge in [0.2, 0.25) is 0 Å². The maximum Gasteiger partial charge on any atom is 0.335 e. The summed E-state index contributed by atoms with van der Waals surface area (Å²) in [6.45, 7) is 7.25. The number of nitrogens with zero attached hydrogens (tertiary/aromatic N) is 3. The summed E-state index contributed by atoms with van der Waals surface area (Å²) >= 11 is 0. The van der Waals surface area contributed by atoms with Crippen LogP contribution < -0.4 is 10.2 Å². The van der Waals surface area contributed by atoms with E-state index in [1.807, 2.05) is 0 Å². The molecule has 13 atom stereocenters. The Balaban J connectivity index is 1.02. The number of para-hydroxylation sites is 2. The fourth-order valence-corrected chi connectivity index (χ4v) is 17.0. The lowest BCUT2D eigenvalue weighted by Crippen LogP contribution is -2.88. The first-order chi connectivity index (χ1) is 24.9. The lowest BCUT2D eigenvalue weighted by atomic mass is 9.41. The Hall–Kier alpha value is -2.95. The Kier molecular flexibility index (Phi) is 4.70. The van der Waals surface area contributed by atoms with Gasteiger partial charge in [-0.3, -0.25) is 9.80 Å². The predicted octanol–water partition coefficient (Wildman–Crippen LogP) is 4.52. The van der Waals surface area contributed by atoms with Gasteiger partial charge in [0.1, 0.15) is 6.23 Å². The molecule has 9 heteroatoms. The highest BCUT2D eigenvalue weighted by atomic mass is 16.6. The molecule has 2 bridgehead atoms. The van der Waals surface area contributed by atoms with E-state index in [9.17, 15) is 4.79 Å². The van der Waals surface area contributed by atoms with E-state index in [0.29, 0.717) is 30.6 Å². The van der Waals surface area contributed by atoms with Gasteiger partial charge in [0.25, 0.3) is 0 Å². The van der Waals surface area contributed by atoms with Crippen molar-refractivity contribution < 1.29 is 23.7 Å². The Morgan fingerprint density at radius 1 is 1.00 bits per heavy atom. The number of rotatable bonds is 2. The molecule has 11 aliphatic heterocycles. The van der Waals surface area contributed by atoms with Crippen LogP contribution in [-0.2, 0) is 34.6 Å². The average Bonchev–Trinajstić information content (AvgIpc) is 3.54. The smallest absolute Gasteiger partial charge is 0.335 e. The molecule has 0 aromatic heterocycles. The zero-order chi connectivity index (χ0) is 33.5. The second kappa shape index (κ2) is 8.39. The zero-order valence-corrected chi connectivity index (χ0v) is 29.5. The molecule has 0 amide bonds. The molecule has 9 saturated heterocycles. The van der Waals surface area contributed by atoms with Gasteiger partial charge in [0.05, 0.1) is 47.2 Å². The Bertz CT molecular complexity index is 2060. The maximum atomic E-state index is 13.9. The minimum Gasteiger partial charge on any atom is -0.466 e. The fraction of sp³-hybridized carbons (Fsp3) is 0.643. The molecule has 9 nitrogen and oxygen atoms in total. The quantitative estimate of drug-likeness (QED) is 0.363. The van der Waals surface area contributed by atoms with Crippen LogP contribution in [0.25, 0.3) is 0 Å². The molecule has 264 valence electrons. The number of methoxy groups -OCH3 is 1. The third kappa shape index (κ3) is 2.56. The van der Waals surface area contributed by atoms with E-state index in [2.05, 4.69) is 75.5 Å². The van der Waals surface area contributed by atoms with Gasteiger partial charge in [-0.05, 0) is 74.8 Å². The lowest BCUT2D eigenvalue weighted by molar-refractivity contribution is -0.377. The van der Waals surface area contributed by atoms with Crippen LogP contribution in [0.1, 0.15) is 63.0 Å². The van der Waals surface area contributed by atoms with Gasteiger partial charge in [0, 0.05) is 72.1 Å². The van der Waals surface area contributed by atoms with Crippen molar-refractivity contribution in [2.75, 3.05) is 50.1 Å². The molecule has 2 aromatic carbocycles. The van der Waals surface area contributed by atoms with Gasteiger partial charge in [-0.2, -0.15) is 0 Å². The van der Waals surface area contributed by atoms with Crippen molar-refractivity contribution in [2.45, 2.75) is 105 Å². The van der Waals surface area contributed by atoms with Crippen molar-refractivity contribution in [1.82, 2.24) is 9.80 Å². The van der Waals surface area contributed by atoms with Crippen LogP contribution in [0.2, 0.25) is 0 Å². The van der Waals surface area contributed by atoms with Crippen LogP contribution in [0, 0.1) is 22.2 Å². The number of carbonyl (C=O) groups excluding carboxylic acids is 1. The van der Waals surface area contributed by atoms with Crippen LogP contribution in [0.3, 0.4) is 0 Å². The van der Waals surface area contributed by atoms with E-state index >= 15 is 0 Å². The molecule has 15 rings (SSSR count). The van der Waals surface area contributed by atoms with Gasteiger partial charge in [0.15, 0.2) is 5.72 Å². The minimum absolute atomic E-state index is 0.0196. The first-order valence-corrected chi connectivity index (χ1v) is 19.9. The molecule has 2 aromatic rings. The second-order valence-electron chi connectivity index (χ2n) is 18.7. The lowest BCUT2D eigenvalue weighted by Gasteiger charge is -2.77. The first-order valence-electron chi connectivity index (χ1n) is 19.9. The number of hydrogen-bond acceptors (Lipinski definition) is 9. The molecule has 13 aliphatic rings. The van der Waals surface area contributed by atoms with Crippen LogP contribution in [0.4, 0.5) is 11.4 Å². The summed E-state index contributed by atoms with van der Waals surface area (Å²) in [6.07, 6.45) is 7.82. The largest absolute Gasteiger partial charge is 0.466 e. The third-order valence-electron chi connectivity index (χ3n) is 17.8. The fourth-order valence-electron chi connectivity index (χ4n) is 17.0. The van der Waals surface area contributed by atoms with Gasteiger partial charge >= 0.3 is 5.97 Å². The molecule has 10 fully saturated rings. The van der Waals surface area contributed by atoms with Crippen molar-refractivity contribution in [1.29, 1.82) is 0 Å². The molecule has 1 N–H and O–H groups in total. The minimum atomic E-state index is -0.395. The van der Waals surface area contributed by atoms with Gasteiger partial charge < -0.3 is 29.2 Å². The number of piperidine rings is 3. The van der Waals surface area contributed by atoms with Gasteiger partial charge in [-0.1, -0.05) is 43.3 Å². The highest BCUT2D eigenvalue weighted by Gasteiger charge is 2.89. The van der Waals surface area contributed by atoms with E-state index in [-0.39, 0.29) is 51.4 Å². The number of esters is 1. The molecule has 0 radical (unpaired) electrons. The van der Waals surface area contributed by atoms with E-state index in [0.717, 1.165) is 88.3 Å². The number of carbonyl (C=O) groups is 1. The summed E-state index contributed by atoms with van der Waals surface area (Å²) in [5.41, 5.74) is 6.15. The van der Waals surface area contributed by atoms with Gasteiger partial charge in [-0.25, -0.2) is 4.79 Å².